The molecule has 4 nitrogen and oxygen atoms in total. The van der Waals surface area contributed by atoms with Crippen LogP contribution in [0.5, 0.6) is 0 Å². The predicted molar refractivity (Wildman–Crippen MR) is 68.2 cm³/mol. The van der Waals surface area contributed by atoms with Crippen LogP contribution in [0.25, 0.3) is 0 Å². The number of hydrogen-bond donors (Lipinski definition) is 1. The second-order valence-electron chi connectivity index (χ2n) is 5.28. The summed E-state index contributed by atoms with van der Waals surface area (Å²) in [7, 11) is 0. The van der Waals surface area contributed by atoms with Gasteiger partial charge in [-0.2, -0.15) is 0 Å². The van der Waals surface area contributed by atoms with Gasteiger partial charge in [0.15, 0.2) is 0 Å². The largest absolute Gasteiger partial charge is 0.481 e. The first-order valence-corrected chi connectivity index (χ1v) is 6.97. The molecule has 1 fully saturated rings. The van der Waals surface area contributed by atoms with Crippen LogP contribution in [0.15, 0.2) is 0 Å². The van der Waals surface area contributed by atoms with Crippen molar-refractivity contribution in [3.8, 4) is 0 Å². The van der Waals surface area contributed by atoms with Gasteiger partial charge in [0.1, 0.15) is 6.10 Å². The molecule has 0 aliphatic heterocycles. The van der Waals surface area contributed by atoms with E-state index in [1.165, 1.54) is 6.42 Å². The first-order valence-electron chi connectivity index (χ1n) is 6.97. The summed E-state index contributed by atoms with van der Waals surface area (Å²) in [5.74, 6) is -1.83. The Morgan fingerprint density at radius 2 is 1.89 bits per heavy atom. The summed E-state index contributed by atoms with van der Waals surface area (Å²) >= 11 is 0. The maximum atomic E-state index is 12.0. The van der Waals surface area contributed by atoms with Crippen molar-refractivity contribution >= 4 is 11.9 Å². The minimum Gasteiger partial charge on any atom is -0.481 e. The fourth-order valence-electron chi connectivity index (χ4n) is 2.40. The molecular formula is C14H24O4. The minimum atomic E-state index is -0.848. The van der Waals surface area contributed by atoms with Crippen molar-refractivity contribution < 1.29 is 19.4 Å². The highest BCUT2D eigenvalue weighted by Gasteiger charge is 2.26. The lowest BCUT2D eigenvalue weighted by Crippen LogP contribution is -2.28. The molecular weight excluding hydrogens is 232 g/mol. The fraction of sp³-hybridized carbons (Fsp3) is 0.857. The third-order valence-electron chi connectivity index (χ3n) is 3.72. The molecule has 18 heavy (non-hydrogen) atoms. The third kappa shape index (κ3) is 4.67. The Balaban J connectivity index is 2.43. The third-order valence-corrected chi connectivity index (χ3v) is 3.72. The molecule has 2 unspecified atom stereocenters. The zero-order valence-electron chi connectivity index (χ0n) is 11.4. The molecule has 0 aromatic rings. The van der Waals surface area contributed by atoms with Crippen LogP contribution in [-0.2, 0) is 14.3 Å². The summed E-state index contributed by atoms with van der Waals surface area (Å²) in [5, 5.41) is 8.88. The molecule has 0 aromatic heterocycles. The van der Waals surface area contributed by atoms with Gasteiger partial charge >= 0.3 is 11.9 Å². The second-order valence-corrected chi connectivity index (χ2v) is 5.28. The predicted octanol–water partition coefficient (Wildman–Crippen LogP) is 3.00. The molecule has 0 heterocycles. The summed E-state index contributed by atoms with van der Waals surface area (Å²) in [4.78, 5) is 22.8. The highest BCUT2D eigenvalue weighted by Crippen LogP contribution is 2.24. The van der Waals surface area contributed by atoms with Crippen molar-refractivity contribution in [2.45, 2.75) is 64.9 Å². The van der Waals surface area contributed by atoms with E-state index in [0.717, 1.165) is 25.7 Å². The molecule has 4 heteroatoms. The average Bonchev–Trinajstić information content (AvgIpc) is 2.36. The van der Waals surface area contributed by atoms with Crippen LogP contribution >= 0.6 is 0 Å². The van der Waals surface area contributed by atoms with Gasteiger partial charge in [-0.05, 0) is 38.5 Å². The lowest BCUT2D eigenvalue weighted by molar-refractivity contribution is -0.157. The highest BCUT2D eigenvalue weighted by molar-refractivity contribution is 5.75. The molecule has 1 saturated carbocycles. The first-order chi connectivity index (χ1) is 8.54. The van der Waals surface area contributed by atoms with Crippen molar-refractivity contribution in [1.82, 2.24) is 0 Å². The first kappa shape index (κ1) is 15.0. The molecule has 1 aliphatic rings. The average molecular weight is 256 g/mol. The van der Waals surface area contributed by atoms with E-state index in [4.69, 9.17) is 9.84 Å². The van der Waals surface area contributed by atoms with Crippen molar-refractivity contribution in [3.63, 3.8) is 0 Å². The van der Waals surface area contributed by atoms with Crippen LogP contribution < -0.4 is 0 Å². The molecule has 1 N–H and O–H groups in total. The number of hydrogen-bond acceptors (Lipinski definition) is 3. The smallest absolute Gasteiger partial charge is 0.309 e. The van der Waals surface area contributed by atoms with Crippen LogP contribution in [0, 0.1) is 11.8 Å². The molecule has 0 saturated heterocycles. The Kier molecular flexibility index (Phi) is 6.16. The van der Waals surface area contributed by atoms with Gasteiger partial charge in [0.25, 0.3) is 0 Å². The quantitative estimate of drug-likeness (QED) is 0.742. The number of esters is 1. The Labute approximate surface area is 109 Å². The van der Waals surface area contributed by atoms with Crippen molar-refractivity contribution in [2.24, 2.45) is 11.8 Å². The van der Waals surface area contributed by atoms with Crippen LogP contribution in [0.3, 0.4) is 0 Å². The summed E-state index contributed by atoms with van der Waals surface area (Å²) in [6, 6.07) is 0. The maximum absolute atomic E-state index is 12.0. The van der Waals surface area contributed by atoms with Crippen molar-refractivity contribution in [3.05, 3.63) is 0 Å². The number of carboxylic acid groups (broad SMARTS) is 1. The van der Waals surface area contributed by atoms with E-state index in [9.17, 15) is 9.59 Å². The summed E-state index contributed by atoms with van der Waals surface area (Å²) in [5.41, 5.74) is 0. The minimum absolute atomic E-state index is 0.0560. The van der Waals surface area contributed by atoms with E-state index in [2.05, 4.69) is 0 Å². The van der Waals surface area contributed by atoms with Crippen molar-refractivity contribution in [2.75, 3.05) is 0 Å². The van der Waals surface area contributed by atoms with Gasteiger partial charge < -0.3 is 9.84 Å². The van der Waals surface area contributed by atoms with Gasteiger partial charge in [-0.1, -0.05) is 20.3 Å². The van der Waals surface area contributed by atoms with Crippen LogP contribution in [0.1, 0.15) is 58.8 Å². The number of carbonyl (C=O) groups is 2. The fourth-order valence-corrected chi connectivity index (χ4v) is 2.40. The zero-order valence-corrected chi connectivity index (χ0v) is 11.4. The molecule has 104 valence electrons. The zero-order chi connectivity index (χ0) is 13.5. The van der Waals surface area contributed by atoms with E-state index in [0.29, 0.717) is 12.8 Å². The summed E-state index contributed by atoms with van der Waals surface area (Å²) in [6.45, 7) is 3.54. The highest BCUT2D eigenvalue weighted by atomic mass is 16.5. The maximum Gasteiger partial charge on any atom is 0.309 e. The Morgan fingerprint density at radius 3 is 2.39 bits per heavy atom. The van der Waals surface area contributed by atoms with Gasteiger partial charge in [-0.15, -0.1) is 0 Å². The van der Waals surface area contributed by atoms with Gasteiger partial charge in [0.05, 0.1) is 11.8 Å². The van der Waals surface area contributed by atoms with E-state index in [-0.39, 0.29) is 18.0 Å². The monoisotopic (exact) mass is 256 g/mol. The number of rotatable bonds is 6. The Morgan fingerprint density at radius 1 is 1.28 bits per heavy atom. The molecule has 1 rings (SSSR count). The Hall–Kier alpha value is -1.06. The number of aliphatic carboxylic acids is 1. The van der Waals surface area contributed by atoms with Gasteiger partial charge in [0.2, 0.25) is 0 Å². The Bertz CT molecular complexity index is 282. The van der Waals surface area contributed by atoms with Gasteiger partial charge in [0, 0.05) is 0 Å². The molecule has 0 spiro atoms. The number of ether oxygens (including phenoxy) is 1. The summed E-state index contributed by atoms with van der Waals surface area (Å²) in [6.07, 6.45) is 6.45. The number of carbonyl (C=O) groups excluding carboxylic acids is 1. The van der Waals surface area contributed by atoms with E-state index >= 15 is 0 Å². The van der Waals surface area contributed by atoms with Gasteiger partial charge in [-0.3, -0.25) is 9.59 Å². The molecule has 0 bridgehead atoms. The number of carboxylic acids is 1. The molecule has 0 aromatic carbocycles. The standard InChI is InChI=1S/C14H24O4/c1-3-11(9-10(2)13(15)16)14(17)18-12-7-5-4-6-8-12/h10-12H,3-9H2,1-2H3,(H,15,16). The second kappa shape index (κ2) is 7.39. The van der Waals surface area contributed by atoms with Crippen LogP contribution in [0.4, 0.5) is 0 Å². The van der Waals surface area contributed by atoms with Crippen LogP contribution in [0.2, 0.25) is 0 Å². The topological polar surface area (TPSA) is 63.6 Å². The van der Waals surface area contributed by atoms with Crippen LogP contribution in [-0.4, -0.2) is 23.1 Å². The van der Waals surface area contributed by atoms with Gasteiger partial charge in [-0.25, -0.2) is 0 Å². The molecule has 2 atom stereocenters. The summed E-state index contributed by atoms with van der Waals surface area (Å²) < 4.78 is 5.49. The van der Waals surface area contributed by atoms with E-state index < -0.39 is 11.9 Å². The lowest BCUT2D eigenvalue weighted by Gasteiger charge is -2.24. The van der Waals surface area contributed by atoms with Crippen molar-refractivity contribution in [1.29, 1.82) is 0 Å². The lowest BCUT2D eigenvalue weighted by atomic mass is 9.93. The normalized spacial score (nSPS) is 20.1. The van der Waals surface area contributed by atoms with E-state index in [1.54, 1.807) is 6.92 Å². The van der Waals surface area contributed by atoms with E-state index in [1.807, 2.05) is 6.92 Å². The molecule has 1 aliphatic carbocycles. The molecule has 0 radical (unpaired) electrons. The molecule has 0 amide bonds. The SMILES string of the molecule is CCC(CC(C)C(=O)O)C(=O)OC1CCCCC1.